The summed E-state index contributed by atoms with van der Waals surface area (Å²) in [5.74, 6) is 1.79. The van der Waals surface area contributed by atoms with Crippen molar-refractivity contribution in [3.05, 3.63) is 17.7 Å². The molecule has 0 radical (unpaired) electrons. The van der Waals surface area contributed by atoms with Crippen LogP contribution in [0.25, 0.3) is 0 Å². The zero-order valence-corrected chi connectivity index (χ0v) is 11.9. The van der Waals surface area contributed by atoms with E-state index >= 15 is 0 Å². The predicted octanol–water partition coefficient (Wildman–Crippen LogP) is 2.01. The van der Waals surface area contributed by atoms with Crippen LogP contribution in [0.15, 0.2) is 12.1 Å². The minimum Gasteiger partial charge on any atom is -0.493 e. The third-order valence-corrected chi connectivity index (χ3v) is 3.06. The third-order valence-electron chi connectivity index (χ3n) is 3.06. The van der Waals surface area contributed by atoms with Gasteiger partial charge in [-0.1, -0.05) is 13.3 Å². The molecule has 19 heavy (non-hydrogen) atoms. The van der Waals surface area contributed by atoms with Crippen LogP contribution in [0, 0.1) is 0 Å². The van der Waals surface area contributed by atoms with Gasteiger partial charge >= 0.3 is 0 Å². The Kier molecular flexibility index (Phi) is 5.72. The summed E-state index contributed by atoms with van der Waals surface area (Å²) in [6, 6.07) is 3.14. The second kappa shape index (κ2) is 6.84. The van der Waals surface area contributed by atoms with E-state index < -0.39 is 12.1 Å². The second-order valence-corrected chi connectivity index (χ2v) is 4.34. The molecule has 0 saturated carbocycles. The van der Waals surface area contributed by atoms with Gasteiger partial charge in [-0.15, -0.1) is 12.4 Å². The van der Waals surface area contributed by atoms with E-state index in [-0.39, 0.29) is 19.2 Å². The normalized spacial score (nSPS) is 15.6. The van der Waals surface area contributed by atoms with Crippen molar-refractivity contribution in [1.82, 2.24) is 0 Å². The standard InChI is InChI=1S/C13H19NO4.ClH/c1-3-4-9(15)12(14)8-5-10(16-2)13-11(6-8)17-7-18-13;/h5-6,9,12,15H,3-4,7,14H2,1-2H3;1H/t9-,12+;/m1./s1. The summed E-state index contributed by atoms with van der Waals surface area (Å²) in [6.45, 7) is 2.19. The van der Waals surface area contributed by atoms with Crippen molar-refractivity contribution in [3.8, 4) is 17.2 Å². The molecule has 1 aliphatic rings. The van der Waals surface area contributed by atoms with Crippen LogP contribution >= 0.6 is 12.4 Å². The fraction of sp³-hybridized carbons (Fsp3) is 0.538. The molecule has 6 heteroatoms. The Morgan fingerprint density at radius 3 is 2.79 bits per heavy atom. The van der Waals surface area contributed by atoms with E-state index in [1.165, 1.54) is 0 Å². The maximum atomic E-state index is 9.95. The molecule has 2 atom stereocenters. The van der Waals surface area contributed by atoms with Crippen molar-refractivity contribution in [3.63, 3.8) is 0 Å². The third kappa shape index (κ3) is 3.23. The van der Waals surface area contributed by atoms with Crippen LogP contribution in [0.4, 0.5) is 0 Å². The Labute approximate surface area is 119 Å². The van der Waals surface area contributed by atoms with E-state index in [9.17, 15) is 5.11 Å². The van der Waals surface area contributed by atoms with Crippen LogP contribution in [0.3, 0.4) is 0 Å². The van der Waals surface area contributed by atoms with Gasteiger partial charge in [-0.3, -0.25) is 0 Å². The van der Waals surface area contributed by atoms with Gasteiger partial charge in [-0.2, -0.15) is 0 Å². The molecule has 0 unspecified atom stereocenters. The van der Waals surface area contributed by atoms with E-state index in [1.807, 2.05) is 6.92 Å². The van der Waals surface area contributed by atoms with E-state index in [4.69, 9.17) is 19.9 Å². The highest BCUT2D eigenvalue weighted by Crippen LogP contribution is 2.43. The molecule has 0 aliphatic carbocycles. The molecule has 0 spiro atoms. The summed E-state index contributed by atoms with van der Waals surface area (Å²) in [4.78, 5) is 0. The molecule has 1 aliphatic heterocycles. The van der Waals surface area contributed by atoms with Gasteiger partial charge in [-0.25, -0.2) is 0 Å². The second-order valence-electron chi connectivity index (χ2n) is 4.34. The van der Waals surface area contributed by atoms with Gasteiger partial charge in [-0.05, 0) is 24.1 Å². The maximum Gasteiger partial charge on any atom is 0.231 e. The van der Waals surface area contributed by atoms with Gasteiger partial charge in [0, 0.05) is 0 Å². The lowest BCUT2D eigenvalue weighted by atomic mass is 9.98. The van der Waals surface area contributed by atoms with Crippen molar-refractivity contribution >= 4 is 12.4 Å². The molecule has 5 nitrogen and oxygen atoms in total. The summed E-state index contributed by atoms with van der Waals surface area (Å²) in [5.41, 5.74) is 6.83. The number of aliphatic hydroxyl groups excluding tert-OH is 1. The summed E-state index contributed by atoms with van der Waals surface area (Å²) in [6.07, 6.45) is 0.981. The van der Waals surface area contributed by atoms with Crippen LogP contribution < -0.4 is 19.9 Å². The number of hydrogen-bond acceptors (Lipinski definition) is 5. The smallest absolute Gasteiger partial charge is 0.231 e. The van der Waals surface area contributed by atoms with Gasteiger partial charge in [0.05, 0.1) is 19.3 Å². The molecule has 0 aromatic heterocycles. The number of hydrogen-bond donors (Lipinski definition) is 2. The molecular formula is C13H20ClNO4. The highest BCUT2D eigenvalue weighted by molar-refractivity contribution is 5.85. The lowest BCUT2D eigenvalue weighted by Gasteiger charge is -2.19. The zero-order valence-electron chi connectivity index (χ0n) is 11.1. The monoisotopic (exact) mass is 289 g/mol. The number of halogens is 1. The van der Waals surface area contributed by atoms with E-state index in [0.717, 1.165) is 12.0 Å². The van der Waals surface area contributed by atoms with Gasteiger partial charge in [0.1, 0.15) is 0 Å². The van der Waals surface area contributed by atoms with Crippen molar-refractivity contribution in [2.45, 2.75) is 31.9 Å². The number of benzene rings is 1. The Hall–Kier alpha value is -1.17. The Morgan fingerprint density at radius 2 is 2.16 bits per heavy atom. The number of rotatable bonds is 5. The summed E-state index contributed by atoms with van der Waals surface area (Å²) >= 11 is 0. The molecule has 1 aromatic rings. The van der Waals surface area contributed by atoms with Crippen molar-refractivity contribution < 1.29 is 19.3 Å². The topological polar surface area (TPSA) is 73.9 Å². The van der Waals surface area contributed by atoms with Gasteiger partial charge < -0.3 is 25.1 Å². The lowest BCUT2D eigenvalue weighted by Crippen LogP contribution is -2.25. The summed E-state index contributed by atoms with van der Waals surface area (Å²) < 4.78 is 15.9. The van der Waals surface area contributed by atoms with Crippen LogP contribution in [-0.4, -0.2) is 25.1 Å². The SMILES string of the molecule is CCC[C@@H](O)[C@@H](N)c1cc(OC)c2c(c1)OCO2.Cl. The molecule has 108 valence electrons. The zero-order chi connectivity index (χ0) is 13.1. The first-order chi connectivity index (χ1) is 8.67. The van der Waals surface area contributed by atoms with Crippen LogP contribution in [0.5, 0.6) is 17.2 Å². The Bertz CT molecular complexity index is 427. The predicted molar refractivity (Wildman–Crippen MR) is 74.2 cm³/mol. The van der Waals surface area contributed by atoms with Crippen molar-refractivity contribution in [2.24, 2.45) is 5.73 Å². The van der Waals surface area contributed by atoms with Crippen LogP contribution in [-0.2, 0) is 0 Å². The molecule has 0 fully saturated rings. The molecular weight excluding hydrogens is 270 g/mol. The number of aliphatic hydroxyl groups is 1. The average Bonchev–Trinajstić information content (AvgIpc) is 2.85. The minimum atomic E-state index is -0.569. The molecule has 0 bridgehead atoms. The highest BCUT2D eigenvalue weighted by atomic mass is 35.5. The fourth-order valence-corrected chi connectivity index (χ4v) is 2.04. The fourth-order valence-electron chi connectivity index (χ4n) is 2.04. The first kappa shape index (κ1) is 15.9. The van der Waals surface area contributed by atoms with Crippen LogP contribution in [0.2, 0.25) is 0 Å². The molecule has 1 heterocycles. The number of ether oxygens (including phenoxy) is 3. The largest absolute Gasteiger partial charge is 0.493 e. The Balaban J connectivity index is 0.00000180. The maximum absolute atomic E-state index is 9.95. The minimum absolute atomic E-state index is 0. The number of fused-ring (bicyclic) bond motifs is 1. The van der Waals surface area contributed by atoms with E-state index in [2.05, 4.69) is 0 Å². The van der Waals surface area contributed by atoms with E-state index in [1.54, 1.807) is 19.2 Å². The summed E-state index contributed by atoms with van der Waals surface area (Å²) in [5, 5.41) is 9.95. The number of nitrogens with two attached hydrogens (primary N) is 1. The van der Waals surface area contributed by atoms with E-state index in [0.29, 0.717) is 23.7 Å². The molecule has 1 aromatic carbocycles. The Morgan fingerprint density at radius 1 is 1.42 bits per heavy atom. The average molecular weight is 290 g/mol. The van der Waals surface area contributed by atoms with Gasteiger partial charge in [0.25, 0.3) is 0 Å². The molecule has 0 amide bonds. The molecule has 2 rings (SSSR count). The van der Waals surface area contributed by atoms with Crippen molar-refractivity contribution in [2.75, 3.05) is 13.9 Å². The lowest BCUT2D eigenvalue weighted by molar-refractivity contribution is 0.134. The highest BCUT2D eigenvalue weighted by Gasteiger charge is 2.24. The van der Waals surface area contributed by atoms with Crippen LogP contribution in [0.1, 0.15) is 31.4 Å². The van der Waals surface area contributed by atoms with Gasteiger partial charge in [0.2, 0.25) is 12.5 Å². The first-order valence-electron chi connectivity index (χ1n) is 6.08. The first-order valence-corrected chi connectivity index (χ1v) is 6.08. The number of methoxy groups -OCH3 is 1. The molecule has 3 N–H and O–H groups in total. The van der Waals surface area contributed by atoms with Crippen molar-refractivity contribution in [1.29, 1.82) is 0 Å². The van der Waals surface area contributed by atoms with Gasteiger partial charge in [0.15, 0.2) is 11.5 Å². The summed E-state index contributed by atoms with van der Waals surface area (Å²) in [7, 11) is 1.56. The molecule has 0 saturated heterocycles. The quantitative estimate of drug-likeness (QED) is 0.867.